The van der Waals surface area contributed by atoms with E-state index in [0.29, 0.717) is 17.9 Å². The fourth-order valence-electron chi connectivity index (χ4n) is 3.37. The molecule has 2 aromatic carbocycles. The Balaban J connectivity index is 2.04. The molecule has 3 nitrogen and oxygen atoms in total. The van der Waals surface area contributed by atoms with Crippen molar-refractivity contribution in [2.24, 2.45) is 5.73 Å². The Bertz CT molecular complexity index is 1110. The first kappa shape index (κ1) is 16.9. The van der Waals surface area contributed by atoms with E-state index < -0.39 is 0 Å². The highest BCUT2D eigenvalue weighted by Crippen LogP contribution is 2.41. The Morgan fingerprint density at radius 2 is 2.08 bits per heavy atom. The van der Waals surface area contributed by atoms with Gasteiger partial charge in [-0.3, -0.25) is 4.98 Å². The fourth-order valence-corrected chi connectivity index (χ4v) is 4.14. The van der Waals surface area contributed by atoms with Crippen molar-refractivity contribution in [1.29, 1.82) is 0 Å². The number of thiophene rings is 1. The van der Waals surface area contributed by atoms with E-state index in [-0.39, 0.29) is 11.7 Å². The summed E-state index contributed by atoms with van der Waals surface area (Å²) in [6.07, 6.45) is 1.88. The second kappa shape index (κ2) is 6.67. The molecule has 2 aromatic heterocycles. The zero-order valence-corrected chi connectivity index (χ0v) is 15.4. The minimum Gasteiger partial charge on any atom is -0.496 e. The average Bonchev–Trinajstić information content (AvgIpc) is 3.15. The largest absolute Gasteiger partial charge is 0.496 e. The molecule has 2 N–H and O–H groups in total. The molecule has 0 saturated carbocycles. The second-order valence-electron chi connectivity index (χ2n) is 6.37. The van der Waals surface area contributed by atoms with Crippen LogP contribution in [0.15, 0.2) is 48.0 Å². The van der Waals surface area contributed by atoms with Crippen LogP contribution in [0.5, 0.6) is 5.75 Å². The summed E-state index contributed by atoms with van der Waals surface area (Å²) in [5, 5.41) is 4.14. The molecule has 0 spiro atoms. The number of rotatable bonds is 4. The number of pyridine rings is 1. The molecule has 0 fully saturated rings. The van der Waals surface area contributed by atoms with Gasteiger partial charge in [0.25, 0.3) is 0 Å². The molecule has 5 heteroatoms. The number of ether oxygens (including phenoxy) is 1. The van der Waals surface area contributed by atoms with Gasteiger partial charge in [-0.25, -0.2) is 4.39 Å². The van der Waals surface area contributed by atoms with Crippen LogP contribution in [-0.4, -0.2) is 18.6 Å². The molecule has 4 rings (SSSR count). The van der Waals surface area contributed by atoms with Gasteiger partial charge in [0, 0.05) is 22.5 Å². The van der Waals surface area contributed by atoms with Crippen LogP contribution in [0.4, 0.5) is 4.39 Å². The lowest BCUT2D eigenvalue weighted by Crippen LogP contribution is -2.10. The Morgan fingerprint density at radius 3 is 2.81 bits per heavy atom. The SMILES string of the molecule is COc1ccc2ncc3sccc3c2c1-c1ccc(C(C)CN)c(F)c1. The lowest BCUT2D eigenvalue weighted by atomic mass is 9.93. The Morgan fingerprint density at radius 1 is 1.23 bits per heavy atom. The highest BCUT2D eigenvalue weighted by atomic mass is 32.1. The van der Waals surface area contributed by atoms with Crippen molar-refractivity contribution in [2.75, 3.05) is 13.7 Å². The van der Waals surface area contributed by atoms with E-state index >= 15 is 0 Å². The van der Waals surface area contributed by atoms with Gasteiger partial charge in [0.05, 0.1) is 17.3 Å². The predicted molar refractivity (Wildman–Crippen MR) is 107 cm³/mol. The monoisotopic (exact) mass is 366 g/mol. The van der Waals surface area contributed by atoms with E-state index in [2.05, 4.69) is 11.1 Å². The molecule has 1 atom stereocenters. The normalized spacial score (nSPS) is 12.6. The molecule has 0 aliphatic carbocycles. The van der Waals surface area contributed by atoms with Crippen LogP contribution in [0.25, 0.3) is 32.1 Å². The number of halogens is 1. The summed E-state index contributed by atoms with van der Waals surface area (Å²) in [6, 6.07) is 11.2. The van der Waals surface area contributed by atoms with Gasteiger partial charge in [-0.15, -0.1) is 11.3 Å². The first-order chi connectivity index (χ1) is 12.6. The standard InChI is InChI=1S/C21H19FN2OS/c1-12(10-23)14-4-3-13(9-16(14)22)20-18(25-2)6-5-17-21(20)15-7-8-26-19(15)11-24-17/h3-9,11-12H,10,23H2,1-2H3. The summed E-state index contributed by atoms with van der Waals surface area (Å²) in [4.78, 5) is 4.57. The van der Waals surface area contributed by atoms with Crippen LogP contribution in [0.2, 0.25) is 0 Å². The first-order valence-electron chi connectivity index (χ1n) is 8.46. The summed E-state index contributed by atoms with van der Waals surface area (Å²) < 4.78 is 21.5. The summed E-state index contributed by atoms with van der Waals surface area (Å²) in [6.45, 7) is 2.34. The van der Waals surface area contributed by atoms with Crippen molar-refractivity contribution in [1.82, 2.24) is 4.98 Å². The van der Waals surface area contributed by atoms with Crippen molar-refractivity contribution >= 4 is 32.3 Å². The average molecular weight is 366 g/mol. The molecule has 132 valence electrons. The van der Waals surface area contributed by atoms with Gasteiger partial charge < -0.3 is 10.5 Å². The van der Waals surface area contributed by atoms with Crippen LogP contribution in [0.1, 0.15) is 18.4 Å². The van der Waals surface area contributed by atoms with Gasteiger partial charge in [0.1, 0.15) is 11.6 Å². The maximum atomic E-state index is 14.8. The van der Waals surface area contributed by atoms with E-state index in [4.69, 9.17) is 10.5 Å². The highest BCUT2D eigenvalue weighted by Gasteiger charge is 2.17. The fraction of sp³-hybridized carbons (Fsp3) is 0.190. The molecule has 0 radical (unpaired) electrons. The highest BCUT2D eigenvalue weighted by molar-refractivity contribution is 7.17. The number of aromatic nitrogens is 1. The topological polar surface area (TPSA) is 48.1 Å². The molecule has 0 bridgehead atoms. The van der Waals surface area contributed by atoms with E-state index in [9.17, 15) is 4.39 Å². The second-order valence-corrected chi connectivity index (χ2v) is 7.31. The number of nitrogens with two attached hydrogens (primary N) is 1. The molecule has 0 saturated heterocycles. The minimum absolute atomic E-state index is 0.0243. The third-order valence-corrected chi connectivity index (χ3v) is 5.68. The molecular formula is C21H19FN2OS. The van der Waals surface area contributed by atoms with Crippen molar-refractivity contribution < 1.29 is 9.13 Å². The van der Waals surface area contributed by atoms with E-state index in [1.807, 2.05) is 42.8 Å². The quantitative estimate of drug-likeness (QED) is 0.531. The van der Waals surface area contributed by atoms with Gasteiger partial charge >= 0.3 is 0 Å². The van der Waals surface area contributed by atoms with Gasteiger partial charge in [0.2, 0.25) is 0 Å². The molecular weight excluding hydrogens is 347 g/mol. The van der Waals surface area contributed by atoms with Gasteiger partial charge in [-0.1, -0.05) is 19.1 Å². The summed E-state index contributed by atoms with van der Waals surface area (Å²) in [7, 11) is 1.63. The van der Waals surface area contributed by atoms with Crippen LogP contribution in [0, 0.1) is 5.82 Å². The maximum Gasteiger partial charge on any atom is 0.127 e. The van der Waals surface area contributed by atoms with E-state index in [1.165, 1.54) is 0 Å². The Hall–Kier alpha value is -2.50. The summed E-state index contributed by atoms with van der Waals surface area (Å²) in [5.41, 5.74) is 8.84. The van der Waals surface area contributed by atoms with E-state index in [0.717, 1.165) is 32.1 Å². The van der Waals surface area contributed by atoms with Gasteiger partial charge in [0.15, 0.2) is 0 Å². The minimum atomic E-state index is -0.245. The number of hydrogen-bond acceptors (Lipinski definition) is 4. The van der Waals surface area contributed by atoms with Crippen molar-refractivity contribution in [3.05, 3.63) is 59.4 Å². The van der Waals surface area contributed by atoms with E-state index in [1.54, 1.807) is 24.5 Å². The number of benzene rings is 2. The molecule has 4 aromatic rings. The van der Waals surface area contributed by atoms with Crippen LogP contribution in [-0.2, 0) is 0 Å². The van der Waals surface area contributed by atoms with Crippen LogP contribution < -0.4 is 10.5 Å². The molecule has 2 heterocycles. The molecule has 26 heavy (non-hydrogen) atoms. The Kier molecular flexibility index (Phi) is 4.34. The first-order valence-corrected chi connectivity index (χ1v) is 9.34. The molecule has 0 amide bonds. The summed E-state index contributed by atoms with van der Waals surface area (Å²) >= 11 is 1.64. The summed E-state index contributed by atoms with van der Waals surface area (Å²) in [5.74, 6) is 0.436. The third-order valence-electron chi connectivity index (χ3n) is 4.82. The van der Waals surface area contributed by atoms with Crippen molar-refractivity contribution in [3.8, 4) is 16.9 Å². The lowest BCUT2D eigenvalue weighted by molar-refractivity contribution is 0.417. The van der Waals surface area contributed by atoms with Crippen LogP contribution in [0.3, 0.4) is 0 Å². The third kappa shape index (κ3) is 2.64. The lowest BCUT2D eigenvalue weighted by Gasteiger charge is -2.15. The zero-order valence-electron chi connectivity index (χ0n) is 14.6. The molecule has 0 aliphatic rings. The van der Waals surface area contributed by atoms with Crippen LogP contribution >= 0.6 is 11.3 Å². The number of nitrogens with zero attached hydrogens (tertiary/aromatic N) is 1. The van der Waals surface area contributed by atoms with Gasteiger partial charge in [-0.2, -0.15) is 0 Å². The number of methoxy groups -OCH3 is 1. The van der Waals surface area contributed by atoms with Crippen molar-refractivity contribution in [3.63, 3.8) is 0 Å². The molecule has 1 unspecified atom stereocenters. The maximum absolute atomic E-state index is 14.8. The van der Waals surface area contributed by atoms with Crippen molar-refractivity contribution in [2.45, 2.75) is 12.8 Å². The molecule has 0 aliphatic heterocycles. The number of fused-ring (bicyclic) bond motifs is 3. The predicted octanol–water partition coefficient (Wildman–Crippen LogP) is 5.33. The zero-order chi connectivity index (χ0) is 18.3. The Labute approximate surface area is 155 Å². The smallest absolute Gasteiger partial charge is 0.127 e. The number of hydrogen-bond donors (Lipinski definition) is 1. The van der Waals surface area contributed by atoms with Gasteiger partial charge in [-0.05, 0) is 53.2 Å².